The summed E-state index contributed by atoms with van der Waals surface area (Å²) in [6, 6.07) is 12.3. The van der Waals surface area contributed by atoms with Crippen LogP contribution in [-0.4, -0.2) is 34.7 Å². The molecule has 3 aromatic rings. The third kappa shape index (κ3) is 3.79. The van der Waals surface area contributed by atoms with E-state index in [4.69, 9.17) is 9.26 Å². The second kappa shape index (κ2) is 7.31. The molecule has 134 valence electrons. The van der Waals surface area contributed by atoms with Crippen LogP contribution in [0, 0.1) is 11.6 Å². The lowest BCUT2D eigenvalue weighted by atomic mass is 10.1. The molecule has 1 saturated heterocycles. The van der Waals surface area contributed by atoms with Crippen molar-refractivity contribution in [2.75, 3.05) is 19.7 Å². The molecule has 7 heteroatoms. The van der Waals surface area contributed by atoms with Crippen LogP contribution in [0.1, 0.15) is 17.6 Å². The highest BCUT2D eigenvalue weighted by Gasteiger charge is 2.23. The maximum Gasteiger partial charge on any atom is 0.241 e. The Morgan fingerprint density at radius 1 is 1.00 bits per heavy atom. The van der Waals surface area contributed by atoms with Gasteiger partial charge in [-0.3, -0.25) is 4.90 Å². The van der Waals surface area contributed by atoms with Crippen LogP contribution in [0.5, 0.6) is 0 Å². The van der Waals surface area contributed by atoms with Gasteiger partial charge in [-0.05, 0) is 42.0 Å². The number of rotatable bonds is 4. The van der Waals surface area contributed by atoms with Gasteiger partial charge in [0.1, 0.15) is 11.6 Å². The Kier molecular flexibility index (Phi) is 4.73. The molecule has 1 atom stereocenters. The van der Waals surface area contributed by atoms with Gasteiger partial charge >= 0.3 is 0 Å². The minimum absolute atomic E-state index is 0.121. The van der Waals surface area contributed by atoms with E-state index in [9.17, 15) is 8.78 Å². The van der Waals surface area contributed by atoms with Crippen LogP contribution >= 0.6 is 0 Å². The minimum Gasteiger partial charge on any atom is -0.371 e. The van der Waals surface area contributed by atoms with Crippen molar-refractivity contribution in [3.63, 3.8) is 0 Å². The fourth-order valence-electron chi connectivity index (χ4n) is 2.95. The normalized spacial score (nSPS) is 18.2. The van der Waals surface area contributed by atoms with Crippen LogP contribution < -0.4 is 0 Å². The minimum atomic E-state index is -0.308. The lowest BCUT2D eigenvalue weighted by Crippen LogP contribution is -2.37. The topological polar surface area (TPSA) is 51.4 Å². The molecule has 26 heavy (non-hydrogen) atoms. The van der Waals surface area contributed by atoms with Crippen molar-refractivity contribution < 1.29 is 18.0 Å². The highest BCUT2D eigenvalue weighted by Crippen LogP contribution is 2.24. The summed E-state index contributed by atoms with van der Waals surface area (Å²) in [6.07, 6.45) is -0.121. The molecule has 2 heterocycles. The monoisotopic (exact) mass is 357 g/mol. The molecule has 0 saturated carbocycles. The summed E-state index contributed by atoms with van der Waals surface area (Å²) < 4.78 is 37.2. The summed E-state index contributed by atoms with van der Waals surface area (Å²) in [5.74, 6) is 0.352. The summed E-state index contributed by atoms with van der Waals surface area (Å²) >= 11 is 0. The summed E-state index contributed by atoms with van der Waals surface area (Å²) in [6.45, 7) is 2.46. The lowest BCUT2D eigenvalue weighted by molar-refractivity contribution is -0.0356. The van der Waals surface area contributed by atoms with Gasteiger partial charge in [-0.2, -0.15) is 4.98 Å². The Bertz CT molecular complexity index is 865. The lowest BCUT2D eigenvalue weighted by Gasteiger charge is -2.32. The zero-order valence-corrected chi connectivity index (χ0v) is 13.9. The molecule has 2 aromatic carbocycles. The van der Waals surface area contributed by atoms with Gasteiger partial charge in [0.25, 0.3) is 0 Å². The predicted octanol–water partition coefficient (Wildman–Crippen LogP) is 3.59. The summed E-state index contributed by atoms with van der Waals surface area (Å²) in [7, 11) is 0. The predicted molar refractivity (Wildman–Crippen MR) is 90.1 cm³/mol. The average Bonchev–Trinajstić information content (AvgIpc) is 3.11. The first-order chi connectivity index (χ1) is 12.7. The molecule has 1 aliphatic rings. The Labute approximate surface area is 149 Å². The molecule has 5 nitrogen and oxygen atoms in total. The first kappa shape index (κ1) is 16.8. The van der Waals surface area contributed by atoms with Gasteiger partial charge in [0.05, 0.1) is 19.3 Å². The number of hydrogen-bond acceptors (Lipinski definition) is 5. The molecule has 0 spiro atoms. The van der Waals surface area contributed by atoms with Crippen molar-refractivity contribution in [2.45, 2.75) is 12.6 Å². The fraction of sp³-hybridized carbons (Fsp3) is 0.263. The molecule has 0 radical (unpaired) electrons. The highest BCUT2D eigenvalue weighted by molar-refractivity contribution is 5.53. The number of ether oxygens (including phenoxy) is 1. The second-order valence-electron chi connectivity index (χ2n) is 6.16. The third-order valence-electron chi connectivity index (χ3n) is 4.32. The number of nitrogens with zero attached hydrogens (tertiary/aromatic N) is 3. The summed E-state index contributed by atoms with van der Waals surface area (Å²) in [5, 5.41) is 3.96. The van der Waals surface area contributed by atoms with Gasteiger partial charge in [0.15, 0.2) is 0 Å². The van der Waals surface area contributed by atoms with Crippen LogP contribution in [0.15, 0.2) is 53.1 Å². The molecule has 1 unspecified atom stereocenters. The summed E-state index contributed by atoms with van der Waals surface area (Å²) in [5.41, 5.74) is 1.64. The van der Waals surface area contributed by atoms with Crippen molar-refractivity contribution in [3.05, 3.63) is 71.6 Å². The second-order valence-corrected chi connectivity index (χ2v) is 6.16. The molecule has 0 amide bonds. The van der Waals surface area contributed by atoms with Crippen LogP contribution in [0.2, 0.25) is 0 Å². The molecule has 0 aliphatic carbocycles. The first-order valence-corrected chi connectivity index (χ1v) is 8.35. The largest absolute Gasteiger partial charge is 0.371 e. The average molecular weight is 357 g/mol. The standard InChI is InChI=1S/C19H17F2N3O2/c20-15-5-1-13(2-6-15)17-11-24(9-10-25-17)12-18-22-19(23-26-18)14-3-7-16(21)8-4-14/h1-8,17H,9-12H2. The van der Waals surface area contributed by atoms with Crippen molar-refractivity contribution in [2.24, 2.45) is 0 Å². The van der Waals surface area contributed by atoms with E-state index in [0.717, 1.165) is 12.1 Å². The smallest absolute Gasteiger partial charge is 0.241 e. The van der Waals surface area contributed by atoms with Gasteiger partial charge in [-0.15, -0.1) is 0 Å². The van der Waals surface area contributed by atoms with Crippen molar-refractivity contribution in [1.82, 2.24) is 15.0 Å². The van der Waals surface area contributed by atoms with E-state index in [1.54, 1.807) is 24.3 Å². The molecule has 1 fully saturated rings. The van der Waals surface area contributed by atoms with E-state index in [0.29, 0.717) is 37.0 Å². The van der Waals surface area contributed by atoms with Gasteiger partial charge < -0.3 is 9.26 Å². The molecule has 1 aliphatic heterocycles. The van der Waals surface area contributed by atoms with E-state index in [-0.39, 0.29) is 17.7 Å². The van der Waals surface area contributed by atoms with Crippen LogP contribution in [0.3, 0.4) is 0 Å². The van der Waals surface area contributed by atoms with Crippen LogP contribution in [0.25, 0.3) is 11.4 Å². The molecular formula is C19H17F2N3O2. The van der Waals surface area contributed by atoms with Crippen molar-refractivity contribution in [3.8, 4) is 11.4 Å². The molecule has 4 rings (SSSR count). The quantitative estimate of drug-likeness (QED) is 0.714. The van der Waals surface area contributed by atoms with E-state index in [2.05, 4.69) is 15.0 Å². The van der Waals surface area contributed by atoms with Crippen LogP contribution in [0.4, 0.5) is 8.78 Å². The van der Waals surface area contributed by atoms with E-state index in [1.807, 2.05) is 0 Å². The first-order valence-electron chi connectivity index (χ1n) is 8.35. The maximum absolute atomic E-state index is 13.1. The van der Waals surface area contributed by atoms with E-state index in [1.165, 1.54) is 24.3 Å². The molecule has 1 aromatic heterocycles. The zero-order valence-electron chi connectivity index (χ0n) is 13.9. The van der Waals surface area contributed by atoms with E-state index < -0.39 is 0 Å². The molecule has 0 N–H and O–H groups in total. The van der Waals surface area contributed by atoms with Crippen LogP contribution in [-0.2, 0) is 11.3 Å². The van der Waals surface area contributed by atoms with Gasteiger partial charge in [0, 0.05) is 18.7 Å². The summed E-state index contributed by atoms with van der Waals surface area (Å²) in [4.78, 5) is 6.53. The van der Waals surface area contributed by atoms with E-state index >= 15 is 0 Å². The Hall–Kier alpha value is -2.64. The highest BCUT2D eigenvalue weighted by atomic mass is 19.1. The number of benzene rings is 2. The SMILES string of the molecule is Fc1ccc(-c2noc(CN3CCOC(c4ccc(F)cc4)C3)n2)cc1. The van der Waals surface area contributed by atoms with Crippen molar-refractivity contribution >= 4 is 0 Å². The fourth-order valence-corrected chi connectivity index (χ4v) is 2.95. The number of hydrogen-bond donors (Lipinski definition) is 0. The van der Waals surface area contributed by atoms with Gasteiger partial charge in [-0.25, -0.2) is 8.78 Å². The molecule has 0 bridgehead atoms. The molecular weight excluding hydrogens is 340 g/mol. The number of morpholine rings is 1. The van der Waals surface area contributed by atoms with Gasteiger partial charge in [-0.1, -0.05) is 17.3 Å². The Morgan fingerprint density at radius 3 is 2.42 bits per heavy atom. The number of aromatic nitrogens is 2. The zero-order chi connectivity index (χ0) is 17.9. The number of halogens is 2. The van der Waals surface area contributed by atoms with Gasteiger partial charge in [0.2, 0.25) is 11.7 Å². The third-order valence-corrected chi connectivity index (χ3v) is 4.32. The Balaban J connectivity index is 1.42. The Morgan fingerprint density at radius 2 is 1.69 bits per heavy atom. The maximum atomic E-state index is 13.1. The van der Waals surface area contributed by atoms with Crippen molar-refractivity contribution in [1.29, 1.82) is 0 Å².